The molecular weight excluding hydrogens is 382 g/mol. The van der Waals surface area contributed by atoms with Crippen molar-refractivity contribution in [1.29, 1.82) is 0 Å². The second-order valence-corrected chi connectivity index (χ2v) is 7.86. The van der Waals surface area contributed by atoms with Crippen molar-refractivity contribution in [3.05, 3.63) is 57.2 Å². The van der Waals surface area contributed by atoms with Gasteiger partial charge < -0.3 is 15.5 Å². The number of urea groups is 1. The quantitative estimate of drug-likeness (QED) is 0.788. The van der Waals surface area contributed by atoms with Crippen molar-refractivity contribution in [3.8, 4) is 0 Å². The van der Waals surface area contributed by atoms with Gasteiger partial charge in [-0.3, -0.25) is 4.79 Å². The van der Waals surface area contributed by atoms with Crippen molar-refractivity contribution in [3.63, 3.8) is 0 Å². The number of piperidine rings is 1. The second kappa shape index (κ2) is 9.24. The topological polar surface area (TPSA) is 61.4 Å². The Bertz CT molecular complexity index is 756. The maximum absolute atomic E-state index is 12.9. The van der Waals surface area contributed by atoms with Gasteiger partial charge in [0.05, 0.1) is 6.04 Å². The molecule has 1 aromatic heterocycles. The zero-order valence-corrected chi connectivity index (χ0v) is 16.9. The normalized spacial score (nSPS) is 16.0. The smallest absolute Gasteiger partial charge is 0.317 e. The number of thiophene rings is 1. The van der Waals surface area contributed by atoms with Gasteiger partial charge in [0.2, 0.25) is 5.91 Å². The Morgan fingerprint density at radius 2 is 1.89 bits per heavy atom. The van der Waals surface area contributed by atoms with Crippen LogP contribution < -0.4 is 10.6 Å². The molecule has 1 aliphatic rings. The Labute approximate surface area is 168 Å². The van der Waals surface area contributed by atoms with E-state index in [0.29, 0.717) is 37.5 Å². The van der Waals surface area contributed by atoms with E-state index in [0.717, 1.165) is 11.1 Å². The van der Waals surface area contributed by atoms with Gasteiger partial charge in [-0.2, -0.15) is 11.3 Å². The second-order valence-electron chi connectivity index (χ2n) is 6.65. The number of halogens is 1. The largest absolute Gasteiger partial charge is 0.345 e. The van der Waals surface area contributed by atoms with Gasteiger partial charge in [-0.25, -0.2) is 4.79 Å². The van der Waals surface area contributed by atoms with Crippen molar-refractivity contribution < 1.29 is 9.59 Å². The van der Waals surface area contributed by atoms with E-state index in [-0.39, 0.29) is 23.9 Å². The molecule has 0 aliphatic carbocycles. The molecule has 7 heteroatoms. The monoisotopic (exact) mass is 405 g/mol. The average molecular weight is 406 g/mol. The first kappa shape index (κ1) is 19.7. The SMILES string of the molecule is CCNC(=O)N1CCC(C(=O)NC(c2ccc(Cl)cc2)c2ccsc2)CC1. The van der Waals surface area contributed by atoms with E-state index in [1.165, 1.54) is 0 Å². The maximum Gasteiger partial charge on any atom is 0.317 e. The summed E-state index contributed by atoms with van der Waals surface area (Å²) in [6, 6.07) is 9.37. The van der Waals surface area contributed by atoms with Crippen LogP contribution in [0.1, 0.15) is 36.9 Å². The molecule has 2 aromatic rings. The number of likely N-dealkylation sites (tertiary alicyclic amines) is 1. The van der Waals surface area contributed by atoms with Crippen LogP contribution >= 0.6 is 22.9 Å². The molecule has 3 amide bonds. The van der Waals surface area contributed by atoms with Crippen LogP contribution in [-0.2, 0) is 4.79 Å². The third-order valence-corrected chi connectivity index (χ3v) is 5.80. The van der Waals surface area contributed by atoms with Crippen molar-refractivity contribution >= 4 is 34.9 Å². The molecule has 0 saturated carbocycles. The predicted octanol–water partition coefficient (Wildman–Crippen LogP) is 4.05. The highest BCUT2D eigenvalue weighted by Gasteiger charge is 2.29. The number of carbonyl (C=O) groups is 2. The first-order valence-corrected chi connectivity index (χ1v) is 10.5. The molecule has 144 valence electrons. The van der Waals surface area contributed by atoms with Crippen LogP contribution in [0.25, 0.3) is 0 Å². The Morgan fingerprint density at radius 3 is 2.48 bits per heavy atom. The van der Waals surface area contributed by atoms with Gasteiger partial charge in [-0.15, -0.1) is 0 Å². The third-order valence-electron chi connectivity index (χ3n) is 4.85. The van der Waals surface area contributed by atoms with Crippen molar-refractivity contribution in [2.24, 2.45) is 5.92 Å². The van der Waals surface area contributed by atoms with Gasteiger partial charge in [-0.05, 0) is 59.9 Å². The summed E-state index contributed by atoms with van der Waals surface area (Å²) in [6.07, 6.45) is 1.36. The molecule has 0 spiro atoms. The third kappa shape index (κ3) is 5.02. The summed E-state index contributed by atoms with van der Waals surface area (Å²) in [5.74, 6) is -0.0409. The molecule has 2 N–H and O–H groups in total. The summed E-state index contributed by atoms with van der Waals surface area (Å²) in [6.45, 7) is 3.73. The number of nitrogens with one attached hydrogen (secondary N) is 2. The maximum atomic E-state index is 12.9. The highest BCUT2D eigenvalue weighted by atomic mass is 35.5. The molecule has 5 nitrogen and oxygen atoms in total. The minimum Gasteiger partial charge on any atom is -0.345 e. The van der Waals surface area contributed by atoms with Crippen molar-refractivity contribution in [2.75, 3.05) is 19.6 Å². The van der Waals surface area contributed by atoms with Gasteiger partial charge >= 0.3 is 6.03 Å². The number of amides is 3. The van der Waals surface area contributed by atoms with Crippen molar-refractivity contribution in [1.82, 2.24) is 15.5 Å². The Balaban J connectivity index is 1.65. The lowest BCUT2D eigenvalue weighted by molar-refractivity contribution is -0.126. The molecule has 1 saturated heterocycles. The van der Waals surface area contributed by atoms with Crippen LogP contribution in [-0.4, -0.2) is 36.5 Å². The number of nitrogens with zero attached hydrogens (tertiary/aromatic N) is 1. The number of carbonyl (C=O) groups excluding carboxylic acids is 2. The minimum absolute atomic E-state index is 0.0386. The Morgan fingerprint density at radius 1 is 1.19 bits per heavy atom. The Hall–Kier alpha value is -2.05. The fourth-order valence-corrected chi connectivity index (χ4v) is 4.13. The first-order chi connectivity index (χ1) is 13.1. The molecule has 1 atom stereocenters. The van der Waals surface area contributed by atoms with Crippen LogP contribution in [0.15, 0.2) is 41.1 Å². The van der Waals surface area contributed by atoms with Crippen LogP contribution in [0, 0.1) is 5.92 Å². The van der Waals surface area contributed by atoms with E-state index >= 15 is 0 Å². The molecule has 1 aromatic carbocycles. The lowest BCUT2D eigenvalue weighted by Crippen LogP contribution is -2.47. The Kier molecular flexibility index (Phi) is 6.74. The molecule has 1 aliphatic heterocycles. The van der Waals surface area contributed by atoms with Gasteiger partial charge in [0.25, 0.3) is 0 Å². The minimum atomic E-state index is -0.192. The van der Waals surface area contributed by atoms with Gasteiger partial charge in [-0.1, -0.05) is 23.7 Å². The highest BCUT2D eigenvalue weighted by molar-refractivity contribution is 7.08. The van der Waals surface area contributed by atoms with Crippen molar-refractivity contribution in [2.45, 2.75) is 25.8 Å². The van der Waals surface area contributed by atoms with E-state index in [2.05, 4.69) is 16.0 Å². The molecule has 0 bridgehead atoms. The average Bonchev–Trinajstić information content (AvgIpc) is 3.21. The number of rotatable bonds is 5. The van der Waals surface area contributed by atoms with E-state index in [9.17, 15) is 9.59 Å². The molecule has 0 radical (unpaired) electrons. The summed E-state index contributed by atoms with van der Waals surface area (Å²) in [7, 11) is 0. The fourth-order valence-electron chi connectivity index (χ4n) is 3.32. The van der Waals surface area contributed by atoms with Gasteiger partial charge in [0.1, 0.15) is 0 Å². The molecule has 1 fully saturated rings. The number of benzene rings is 1. The van der Waals surface area contributed by atoms with Crippen LogP contribution in [0.4, 0.5) is 4.79 Å². The van der Waals surface area contributed by atoms with Crippen LogP contribution in [0.2, 0.25) is 5.02 Å². The molecule has 27 heavy (non-hydrogen) atoms. The number of hydrogen-bond donors (Lipinski definition) is 2. The fraction of sp³-hybridized carbons (Fsp3) is 0.400. The van der Waals surface area contributed by atoms with E-state index < -0.39 is 0 Å². The summed E-state index contributed by atoms with van der Waals surface area (Å²) in [5.41, 5.74) is 2.07. The summed E-state index contributed by atoms with van der Waals surface area (Å²) in [5, 5.41) is 10.7. The molecule has 1 unspecified atom stereocenters. The van der Waals surface area contributed by atoms with E-state index in [1.807, 2.05) is 42.6 Å². The zero-order chi connectivity index (χ0) is 19.2. The number of hydrogen-bond acceptors (Lipinski definition) is 3. The summed E-state index contributed by atoms with van der Waals surface area (Å²) < 4.78 is 0. The van der Waals surface area contributed by atoms with Gasteiger partial charge in [0, 0.05) is 30.6 Å². The summed E-state index contributed by atoms with van der Waals surface area (Å²) in [4.78, 5) is 26.6. The lowest BCUT2D eigenvalue weighted by atomic mass is 9.94. The molecular formula is C20H24ClN3O2S. The zero-order valence-electron chi connectivity index (χ0n) is 15.3. The molecule has 3 rings (SSSR count). The predicted molar refractivity (Wildman–Crippen MR) is 109 cm³/mol. The van der Waals surface area contributed by atoms with Crippen LogP contribution in [0.5, 0.6) is 0 Å². The highest BCUT2D eigenvalue weighted by Crippen LogP contribution is 2.27. The van der Waals surface area contributed by atoms with E-state index in [4.69, 9.17) is 11.6 Å². The first-order valence-electron chi connectivity index (χ1n) is 9.19. The lowest BCUT2D eigenvalue weighted by Gasteiger charge is -2.32. The van der Waals surface area contributed by atoms with Crippen LogP contribution in [0.3, 0.4) is 0 Å². The molecule has 2 heterocycles. The van der Waals surface area contributed by atoms with Gasteiger partial charge in [0.15, 0.2) is 0 Å². The summed E-state index contributed by atoms with van der Waals surface area (Å²) >= 11 is 7.62. The standard InChI is InChI=1S/C20H24ClN3O2S/c1-2-22-20(26)24-10-7-15(8-11-24)19(25)23-18(16-9-12-27-13-16)14-3-5-17(21)6-4-14/h3-6,9,12-13,15,18H,2,7-8,10-11H2,1H3,(H,22,26)(H,23,25). The van der Waals surface area contributed by atoms with E-state index in [1.54, 1.807) is 16.2 Å².